The minimum absolute atomic E-state index is 0.228. The predicted octanol–water partition coefficient (Wildman–Crippen LogP) is 2.73. The van der Waals surface area contributed by atoms with Crippen LogP contribution in [-0.2, 0) is 14.8 Å². The normalized spacial score (nSPS) is 11.5. The molecule has 0 saturated carbocycles. The first-order chi connectivity index (χ1) is 6.83. The van der Waals surface area contributed by atoms with Crippen LogP contribution in [0.2, 0.25) is 5.02 Å². The molecule has 3 nitrogen and oxygen atoms in total. The summed E-state index contributed by atoms with van der Waals surface area (Å²) in [5.74, 6) is 0.214. The highest BCUT2D eigenvalue weighted by Crippen LogP contribution is 2.29. The molecule has 0 atom stereocenters. The molecule has 84 valence electrons. The number of benzene rings is 1. The fourth-order valence-electron chi connectivity index (χ4n) is 1.19. The number of hydrogen-bond donors (Lipinski definition) is 0. The fourth-order valence-corrected chi connectivity index (χ4v) is 2.52. The maximum atomic E-state index is 10.9. The SMILES string of the molecule is COc1cc(CS(=O)(=O)Cl)c(C)cc1Cl. The van der Waals surface area contributed by atoms with Crippen molar-refractivity contribution in [2.75, 3.05) is 7.11 Å². The van der Waals surface area contributed by atoms with E-state index in [4.69, 9.17) is 27.0 Å². The lowest BCUT2D eigenvalue weighted by molar-refractivity contribution is 0.414. The summed E-state index contributed by atoms with van der Waals surface area (Å²) >= 11 is 5.87. The minimum atomic E-state index is -3.56. The number of ether oxygens (including phenoxy) is 1. The van der Waals surface area contributed by atoms with E-state index in [1.165, 1.54) is 7.11 Å². The Morgan fingerprint density at radius 1 is 1.40 bits per heavy atom. The van der Waals surface area contributed by atoms with Gasteiger partial charge in [-0.2, -0.15) is 0 Å². The lowest BCUT2D eigenvalue weighted by Gasteiger charge is -2.08. The summed E-state index contributed by atoms with van der Waals surface area (Å²) in [4.78, 5) is 0. The van der Waals surface area contributed by atoms with E-state index >= 15 is 0 Å². The second-order valence-electron chi connectivity index (χ2n) is 3.10. The van der Waals surface area contributed by atoms with Gasteiger partial charge in [0.2, 0.25) is 9.05 Å². The van der Waals surface area contributed by atoms with E-state index in [0.717, 1.165) is 5.56 Å². The van der Waals surface area contributed by atoms with Gasteiger partial charge >= 0.3 is 0 Å². The number of aryl methyl sites for hydroxylation is 1. The van der Waals surface area contributed by atoms with Gasteiger partial charge in [-0.1, -0.05) is 11.6 Å². The predicted molar refractivity (Wildman–Crippen MR) is 61.2 cm³/mol. The molecule has 0 heterocycles. The van der Waals surface area contributed by atoms with Crippen molar-refractivity contribution in [1.29, 1.82) is 0 Å². The third-order valence-corrected chi connectivity index (χ3v) is 3.22. The van der Waals surface area contributed by atoms with Gasteiger partial charge in [0.25, 0.3) is 0 Å². The molecular weight excluding hydrogens is 259 g/mol. The Balaban J connectivity index is 3.19. The average molecular weight is 269 g/mol. The van der Waals surface area contributed by atoms with Crippen molar-refractivity contribution in [2.24, 2.45) is 0 Å². The largest absolute Gasteiger partial charge is 0.495 e. The molecule has 0 fully saturated rings. The Kier molecular flexibility index (Phi) is 3.87. The van der Waals surface area contributed by atoms with E-state index in [0.29, 0.717) is 16.3 Å². The minimum Gasteiger partial charge on any atom is -0.495 e. The summed E-state index contributed by atoms with van der Waals surface area (Å²) in [7, 11) is 3.08. The Hall–Kier alpha value is -0.450. The Morgan fingerprint density at radius 2 is 2.00 bits per heavy atom. The highest BCUT2D eigenvalue weighted by molar-refractivity contribution is 8.13. The molecule has 0 aliphatic heterocycles. The first-order valence-corrected chi connectivity index (χ1v) is 6.94. The van der Waals surface area contributed by atoms with Crippen LogP contribution in [-0.4, -0.2) is 15.5 Å². The molecule has 0 spiro atoms. The number of hydrogen-bond acceptors (Lipinski definition) is 3. The van der Waals surface area contributed by atoms with Crippen molar-refractivity contribution in [3.63, 3.8) is 0 Å². The Bertz CT molecular complexity index is 468. The van der Waals surface area contributed by atoms with Gasteiger partial charge in [-0.15, -0.1) is 0 Å². The third-order valence-electron chi connectivity index (χ3n) is 1.94. The molecule has 1 rings (SSSR count). The molecule has 6 heteroatoms. The Morgan fingerprint density at radius 3 is 2.47 bits per heavy atom. The molecule has 0 amide bonds. The summed E-state index contributed by atoms with van der Waals surface area (Å²) in [5, 5.41) is 0.450. The number of rotatable bonds is 3. The average Bonchev–Trinajstić information content (AvgIpc) is 2.07. The molecule has 0 unspecified atom stereocenters. The van der Waals surface area contributed by atoms with Crippen LogP contribution in [0.5, 0.6) is 5.75 Å². The van der Waals surface area contributed by atoms with Crippen LogP contribution in [0.1, 0.15) is 11.1 Å². The zero-order valence-corrected chi connectivity index (χ0v) is 10.6. The molecule has 0 radical (unpaired) electrons. The van der Waals surface area contributed by atoms with Crippen molar-refractivity contribution in [2.45, 2.75) is 12.7 Å². The monoisotopic (exact) mass is 268 g/mol. The number of methoxy groups -OCH3 is 1. The third kappa shape index (κ3) is 3.55. The van der Waals surface area contributed by atoms with Crippen LogP contribution in [0.3, 0.4) is 0 Å². The maximum Gasteiger partial charge on any atom is 0.236 e. The lowest BCUT2D eigenvalue weighted by atomic mass is 10.1. The molecule has 0 saturated heterocycles. The first kappa shape index (κ1) is 12.6. The summed E-state index contributed by atoms with van der Waals surface area (Å²) in [5.41, 5.74) is 1.36. The van der Waals surface area contributed by atoms with Gasteiger partial charge in [0, 0.05) is 10.7 Å². The van der Waals surface area contributed by atoms with Crippen molar-refractivity contribution < 1.29 is 13.2 Å². The van der Waals surface area contributed by atoms with Gasteiger partial charge < -0.3 is 4.74 Å². The second kappa shape index (κ2) is 4.60. The second-order valence-corrected chi connectivity index (χ2v) is 6.28. The van der Waals surface area contributed by atoms with Crippen LogP contribution in [0.25, 0.3) is 0 Å². The van der Waals surface area contributed by atoms with Crippen molar-refractivity contribution in [1.82, 2.24) is 0 Å². The standard InChI is InChI=1S/C9H10Cl2O3S/c1-6-3-8(10)9(14-2)4-7(6)5-15(11,12)13/h3-4H,5H2,1-2H3. The van der Waals surface area contributed by atoms with E-state index in [1.54, 1.807) is 19.1 Å². The van der Waals surface area contributed by atoms with Crippen molar-refractivity contribution in [3.05, 3.63) is 28.3 Å². The quantitative estimate of drug-likeness (QED) is 0.792. The molecule has 0 bridgehead atoms. The summed E-state index contributed by atoms with van der Waals surface area (Å²) < 4.78 is 26.8. The van der Waals surface area contributed by atoms with E-state index in [9.17, 15) is 8.42 Å². The zero-order chi connectivity index (χ0) is 11.6. The molecule has 1 aromatic rings. The topological polar surface area (TPSA) is 43.4 Å². The molecular formula is C9H10Cl2O3S. The van der Waals surface area contributed by atoms with Crippen LogP contribution < -0.4 is 4.74 Å². The summed E-state index contributed by atoms with van der Waals surface area (Å²) in [6.07, 6.45) is 0. The van der Waals surface area contributed by atoms with Crippen LogP contribution in [0.15, 0.2) is 12.1 Å². The first-order valence-electron chi connectivity index (χ1n) is 4.09. The van der Waals surface area contributed by atoms with Gasteiger partial charge in [0.15, 0.2) is 0 Å². The van der Waals surface area contributed by atoms with Gasteiger partial charge in [-0.05, 0) is 30.2 Å². The van der Waals surface area contributed by atoms with Gasteiger partial charge in [-0.3, -0.25) is 0 Å². The van der Waals surface area contributed by atoms with E-state index < -0.39 is 9.05 Å². The summed E-state index contributed by atoms with van der Waals surface area (Å²) in [6.45, 7) is 1.77. The molecule has 0 aromatic heterocycles. The van der Waals surface area contributed by atoms with Crippen LogP contribution in [0.4, 0.5) is 0 Å². The maximum absolute atomic E-state index is 10.9. The number of halogens is 2. The van der Waals surface area contributed by atoms with Crippen LogP contribution >= 0.6 is 22.3 Å². The Labute approximate surface area is 98.4 Å². The molecule has 15 heavy (non-hydrogen) atoms. The molecule has 0 aliphatic rings. The van der Waals surface area contributed by atoms with Gasteiger partial charge in [-0.25, -0.2) is 8.42 Å². The van der Waals surface area contributed by atoms with Gasteiger partial charge in [0.05, 0.1) is 17.9 Å². The molecule has 0 aliphatic carbocycles. The summed E-state index contributed by atoms with van der Waals surface area (Å²) in [6, 6.07) is 3.23. The van der Waals surface area contributed by atoms with Gasteiger partial charge in [0.1, 0.15) is 5.75 Å². The van der Waals surface area contributed by atoms with Crippen LogP contribution in [0, 0.1) is 6.92 Å². The van der Waals surface area contributed by atoms with E-state index in [1.807, 2.05) is 0 Å². The van der Waals surface area contributed by atoms with Crippen molar-refractivity contribution in [3.8, 4) is 5.75 Å². The zero-order valence-electron chi connectivity index (χ0n) is 8.25. The van der Waals surface area contributed by atoms with Crippen molar-refractivity contribution >= 4 is 31.3 Å². The molecule has 1 aromatic carbocycles. The highest BCUT2D eigenvalue weighted by Gasteiger charge is 2.12. The lowest BCUT2D eigenvalue weighted by Crippen LogP contribution is -1.99. The fraction of sp³-hybridized carbons (Fsp3) is 0.333. The molecule has 0 N–H and O–H groups in total. The smallest absolute Gasteiger partial charge is 0.236 e. The van der Waals surface area contributed by atoms with E-state index in [-0.39, 0.29) is 5.75 Å². The van der Waals surface area contributed by atoms with E-state index in [2.05, 4.69) is 0 Å². The highest BCUT2D eigenvalue weighted by atomic mass is 35.7.